The molecule has 1 fully saturated rings. The van der Waals surface area contributed by atoms with Gasteiger partial charge in [0.1, 0.15) is 0 Å². The lowest BCUT2D eigenvalue weighted by Crippen LogP contribution is -2.18. The maximum absolute atomic E-state index is 5.79. The van der Waals surface area contributed by atoms with Crippen LogP contribution < -0.4 is 11.1 Å². The molecule has 0 bridgehead atoms. The van der Waals surface area contributed by atoms with E-state index in [0.29, 0.717) is 0 Å². The smallest absolute Gasteiger partial charge is 0.0401 e. The molecule has 1 aliphatic rings. The van der Waals surface area contributed by atoms with Crippen LogP contribution in [0.15, 0.2) is 48.5 Å². The Morgan fingerprint density at radius 2 is 1.71 bits per heavy atom. The Bertz CT molecular complexity index is 571. The van der Waals surface area contributed by atoms with Gasteiger partial charge in [0.15, 0.2) is 0 Å². The van der Waals surface area contributed by atoms with E-state index in [1.165, 1.54) is 37.1 Å². The molecule has 1 aliphatic heterocycles. The van der Waals surface area contributed by atoms with Crippen molar-refractivity contribution in [2.45, 2.75) is 25.9 Å². The summed E-state index contributed by atoms with van der Waals surface area (Å²) in [7, 11) is 0. The minimum Gasteiger partial charge on any atom is -0.399 e. The number of nitrogens with two attached hydrogens (primary N) is 1. The van der Waals surface area contributed by atoms with Crippen molar-refractivity contribution in [2.75, 3.05) is 24.1 Å². The normalized spacial score (nSPS) is 15.2. The van der Waals surface area contributed by atoms with Crippen molar-refractivity contribution >= 4 is 11.4 Å². The zero-order valence-corrected chi connectivity index (χ0v) is 12.4. The molecular formula is C18H23N3. The number of hydrogen-bond donors (Lipinski definition) is 2. The Balaban J connectivity index is 1.54. The molecule has 0 unspecified atom stereocenters. The number of hydrogen-bond acceptors (Lipinski definition) is 3. The van der Waals surface area contributed by atoms with E-state index in [9.17, 15) is 0 Å². The first kappa shape index (κ1) is 14.0. The zero-order valence-electron chi connectivity index (χ0n) is 12.4. The molecular weight excluding hydrogens is 258 g/mol. The second-order valence-electron chi connectivity index (χ2n) is 5.78. The SMILES string of the molecule is Nc1cccc(CNc2ccc(CN3CCCC3)cc2)c1. The van der Waals surface area contributed by atoms with E-state index in [4.69, 9.17) is 5.73 Å². The van der Waals surface area contributed by atoms with E-state index in [-0.39, 0.29) is 0 Å². The average molecular weight is 281 g/mol. The van der Waals surface area contributed by atoms with E-state index in [1.807, 2.05) is 18.2 Å². The monoisotopic (exact) mass is 281 g/mol. The molecule has 3 heteroatoms. The highest BCUT2D eigenvalue weighted by Gasteiger charge is 2.11. The molecule has 3 rings (SSSR count). The van der Waals surface area contributed by atoms with Gasteiger partial charge < -0.3 is 11.1 Å². The summed E-state index contributed by atoms with van der Waals surface area (Å²) in [5.41, 5.74) is 10.4. The van der Waals surface area contributed by atoms with Crippen molar-refractivity contribution in [1.82, 2.24) is 4.90 Å². The maximum atomic E-state index is 5.79. The lowest BCUT2D eigenvalue weighted by molar-refractivity contribution is 0.331. The van der Waals surface area contributed by atoms with Crippen LogP contribution in [-0.4, -0.2) is 18.0 Å². The number of nitrogens with zero attached hydrogens (tertiary/aromatic N) is 1. The van der Waals surface area contributed by atoms with Crippen molar-refractivity contribution in [3.8, 4) is 0 Å². The van der Waals surface area contributed by atoms with Crippen LogP contribution in [0.4, 0.5) is 11.4 Å². The highest BCUT2D eigenvalue weighted by molar-refractivity contribution is 5.47. The maximum Gasteiger partial charge on any atom is 0.0401 e. The zero-order chi connectivity index (χ0) is 14.5. The van der Waals surface area contributed by atoms with Crippen LogP contribution in [0, 0.1) is 0 Å². The Morgan fingerprint density at radius 1 is 0.952 bits per heavy atom. The number of nitrogens with one attached hydrogen (secondary N) is 1. The van der Waals surface area contributed by atoms with Gasteiger partial charge in [-0.05, 0) is 61.3 Å². The fraction of sp³-hybridized carbons (Fsp3) is 0.333. The molecule has 21 heavy (non-hydrogen) atoms. The lowest BCUT2D eigenvalue weighted by Gasteiger charge is -2.15. The molecule has 1 heterocycles. The minimum atomic E-state index is 0.802. The molecule has 0 amide bonds. The van der Waals surface area contributed by atoms with Gasteiger partial charge in [-0.2, -0.15) is 0 Å². The Hall–Kier alpha value is -2.00. The molecule has 0 aliphatic carbocycles. The predicted octanol–water partition coefficient (Wildman–Crippen LogP) is 3.48. The molecule has 0 aromatic heterocycles. The van der Waals surface area contributed by atoms with Crippen molar-refractivity contribution < 1.29 is 0 Å². The number of benzene rings is 2. The molecule has 0 radical (unpaired) electrons. The number of rotatable bonds is 5. The van der Waals surface area contributed by atoms with Gasteiger partial charge in [0.2, 0.25) is 0 Å². The van der Waals surface area contributed by atoms with Gasteiger partial charge >= 0.3 is 0 Å². The summed E-state index contributed by atoms with van der Waals surface area (Å²) in [6, 6.07) is 16.8. The topological polar surface area (TPSA) is 41.3 Å². The quantitative estimate of drug-likeness (QED) is 0.824. The van der Waals surface area contributed by atoms with Crippen LogP contribution in [0.1, 0.15) is 24.0 Å². The average Bonchev–Trinajstić information content (AvgIpc) is 3.00. The molecule has 2 aromatic rings. The largest absolute Gasteiger partial charge is 0.399 e. The summed E-state index contributed by atoms with van der Waals surface area (Å²) in [6.07, 6.45) is 2.69. The molecule has 1 saturated heterocycles. The summed E-state index contributed by atoms with van der Waals surface area (Å²) in [5, 5.41) is 3.44. The number of likely N-dealkylation sites (tertiary alicyclic amines) is 1. The molecule has 3 nitrogen and oxygen atoms in total. The first-order valence-electron chi connectivity index (χ1n) is 7.69. The summed E-state index contributed by atoms with van der Waals surface area (Å²) in [4.78, 5) is 2.52. The van der Waals surface area contributed by atoms with Gasteiger partial charge in [0.05, 0.1) is 0 Å². The van der Waals surface area contributed by atoms with Crippen LogP contribution in [-0.2, 0) is 13.1 Å². The first-order chi connectivity index (χ1) is 10.3. The number of anilines is 2. The van der Waals surface area contributed by atoms with Gasteiger partial charge in [-0.1, -0.05) is 24.3 Å². The van der Waals surface area contributed by atoms with Crippen LogP contribution in [0.25, 0.3) is 0 Å². The fourth-order valence-electron chi connectivity index (χ4n) is 2.83. The van der Waals surface area contributed by atoms with Crippen molar-refractivity contribution in [2.24, 2.45) is 0 Å². The van der Waals surface area contributed by atoms with Crippen LogP contribution in [0.5, 0.6) is 0 Å². The highest BCUT2D eigenvalue weighted by atomic mass is 15.1. The highest BCUT2D eigenvalue weighted by Crippen LogP contribution is 2.16. The van der Waals surface area contributed by atoms with E-state index in [1.54, 1.807) is 0 Å². The first-order valence-corrected chi connectivity index (χ1v) is 7.69. The van der Waals surface area contributed by atoms with Gasteiger partial charge in [0, 0.05) is 24.5 Å². The van der Waals surface area contributed by atoms with E-state index < -0.39 is 0 Å². The van der Waals surface area contributed by atoms with Gasteiger partial charge in [-0.15, -0.1) is 0 Å². The lowest BCUT2D eigenvalue weighted by atomic mass is 10.1. The summed E-state index contributed by atoms with van der Waals surface area (Å²) < 4.78 is 0. The second-order valence-corrected chi connectivity index (χ2v) is 5.78. The van der Waals surface area contributed by atoms with E-state index >= 15 is 0 Å². The van der Waals surface area contributed by atoms with Gasteiger partial charge in [-0.25, -0.2) is 0 Å². The summed E-state index contributed by atoms with van der Waals surface area (Å²) >= 11 is 0. The minimum absolute atomic E-state index is 0.802. The van der Waals surface area contributed by atoms with Crippen LogP contribution >= 0.6 is 0 Å². The van der Waals surface area contributed by atoms with Crippen LogP contribution in [0.3, 0.4) is 0 Å². The number of nitrogen functional groups attached to an aromatic ring is 1. The van der Waals surface area contributed by atoms with Crippen molar-refractivity contribution in [1.29, 1.82) is 0 Å². The predicted molar refractivity (Wildman–Crippen MR) is 89.1 cm³/mol. The van der Waals surface area contributed by atoms with Crippen molar-refractivity contribution in [3.05, 3.63) is 59.7 Å². The van der Waals surface area contributed by atoms with Gasteiger partial charge in [-0.3, -0.25) is 4.90 Å². The Morgan fingerprint density at radius 3 is 2.43 bits per heavy atom. The third-order valence-electron chi connectivity index (χ3n) is 4.01. The van der Waals surface area contributed by atoms with Gasteiger partial charge in [0.25, 0.3) is 0 Å². The van der Waals surface area contributed by atoms with E-state index in [0.717, 1.165) is 24.5 Å². The molecule has 110 valence electrons. The molecule has 0 spiro atoms. The van der Waals surface area contributed by atoms with E-state index in [2.05, 4.69) is 40.5 Å². The molecule has 2 aromatic carbocycles. The Kier molecular flexibility index (Phi) is 4.41. The molecule has 3 N–H and O–H groups in total. The summed E-state index contributed by atoms with van der Waals surface area (Å²) in [6.45, 7) is 4.37. The second kappa shape index (κ2) is 6.64. The standard InChI is InChI=1S/C18H23N3/c19-17-5-3-4-16(12-17)13-20-18-8-6-15(7-9-18)14-21-10-1-2-11-21/h3-9,12,20H,1-2,10-11,13-14,19H2. The Labute approximate surface area is 126 Å². The fourth-order valence-corrected chi connectivity index (χ4v) is 2.83. The van der Waals surface area contributed by atoms with Crippen LogP contribution in [0.2, 0.25) is 0 Å². The molecule has 0 atom stereocenters. The van der Waals surface area contributed by atoms with Crippen molar-refractivity contribution in [3.63, 3.8) is 0 Å². The molecule has 0 saturated carbocycles. The summed E-state index contributed by atoms with van der Waals surface area (Å²) in [5.74, 6) is 0. The third-order valence-corrected chi connectivity index (χ3v) is 4.01. The third kappa shape index (κ3) is 3.99.